The lowest BCUT2D eigenvalue weighted by atomic mass is 10.1. The van der Waals surface area contributed by atoms with E-state index < -0.39 is 0 Å². The maximum absolute atomic E-state index is 12.0. The third-order valence-corrected chi connectivity index (χ3v) is 4.72. The predicted octanol–water partition coefficient (Wildman–Crippen LogP) is 3.90. The van der Waals surface area contributed by atoms with Crippen molar-refractivity contribution in [3.63, 3.8) is 0 Å². The molecule has 20 heavy (non-hydrogen) atoms. The van der Waals surface area contributed by atoms with E-state index in [2.05, 4.69) is 15.5 Å². The van der Waals surface area contributed by atoms with Crippen LogP contribution in [0.5, 0.6) is 0 Å². The number of hydrogen-bond donors (Lipinski definition) is 1. The van der Waals surface area contributed by atoms with Gasteiger partial charge in [0, 0.05) is 16.0 Å². The van der Waals surface area contributed by atoms with Crippen LogP contribution in [-0.2, 0) is 11.2 Å². The molecule has 1 saturated carbocycles. The van der Waals surface area contributed by atoms with Crippen LogP contribution in [0.2, 0.25) is 10.0 Å². The fourth-order valence-electron chi connectivity index (χ4n) is 1.81. The number of anilines is 1. The minimum Gasteiger partial charge on any atom is -0.300 e. The number of hydrogen-bond acceptors (Lipinski definition) is 4. The van der Waals surface area contributed by atoms with Crippen molar-refractivity contribution in [2.24, 2.45) is 0 Å². The summed E-state index contributed by atoms with van der Waals surface area (Å²) in [4.78, 5) is 12.0. The smallest absolute Gasteiger partial charge is 0.230 e. The van der Waals surface area contributed by atoms with E-state index in [4.69, 9.17) is 23.2 Å². The lowest BCUT2D eigenvalue weighted by Crippen LogP contribution is -2.14. The van der Waals surface area contributed by atoms with E-state index in [-0.39, 0.29) is 12.3 Å². The molecular formula is C13H11Cl2N3OS. The van der Waals surface area contributed by atoms with E-state index >= 15 is 0 Å². The van der Waals surface area contributed by atoms with Gasteiger partial charge in [-0.15, -0.1) is 10.2 Å². The monoisotopic (exact) mass is 327 g/mol. The van der Waals surface area contributed by atoms with Crippen LogP contribution >= 0.6 is 34.5 Å². The van der Waals surface area contributed by atoms with Crippen molar-refractivity contribution in [3.05, 3.63) is 38.8 Å². The number of carbonyl (C=O) groups excluding carboxylic acids is 1. The largest absolute Gasteiger partial charge is 0.300 e. The van der Waals surface area contributed by atoms with Crippen molar-refractivity contribution in [1.82, 2.24) is 10.2 Å². The van der Waals surface area contributed by atoms with Crippen LogP contribution < -0.4 is 5.32 Å². The van der Waals surface area contributed by atoms with Crippen LogP contribution in [0.25, 0.3) is 0 Å². The first-order valence-electron chi connectivity index (χ1n) is 6.19. The number of rotatable bonds is 4. The molecule has 1 aromatic carbocycles. The van der Waals surface area contributed by atoms with Crippen LogP contribution in [0.3, 0.4) is 0 Å². The van der Waals surface area contributed by atoms with Crippen molar-refractivity contribution in [1.29, 1.82) is 0 Å². The van der Waals surface area contributed by atoms with E-state index in [0.717, 1.165) is 17.8 Å². The highest BCUT2D eigenvalue weighted by molar-refractivity contribution is 7.15. The first kappa shape index (κ1) is 13.8. The topological polar surface area (TPSA) is 54.9 Å². The van der Waals surface area contributed by atoms with Gasteiger partial charge >= 0.3 is 0 Å². The fraction of sp³-hybridized carbons (Fsp3) is 0.308. The van der Waals surface area contributed by atoms with E-state index in [1.54, 1.807) is 18.2 Å². The lowest BCUT2D eigenvalue weighted by molar-refractivity contribution is -0.115. The molecular weight excluding hydrogens is 317 g/mol. The Bertz CT molecular complexity index is 635. The number of halogens is 2. The molecule has 0 atom stereocenters. The summed E-state index contributed by atoms with van der Waals surface area (Å²) in [5, 5.41) is 13.3. The molecule has 104 valence electrons. The number of aromatic nitrogens is 2. The van der Waals surface area contributed by atoms with Crippen molar-refractivity contribution >= 4 is 45.6 Å². The summed E-state index contributed by atoms with van der Waals surface area (Å²) >= 11 is 13.5. The fourth-order valence-corrected chi connectivity index (χ4v) is 3.27. The number of nitrogens with zero attached hydrogens (tertiary/aromatic N) is 2. The minimum atomic E-state index is -0.196. The maximum atomic E-state index is 12.0. The summed E-state index contributed by atoms with van der Waals surface area (Å²) in [7, 11) is 0. The summed E-state index contributed by atoms with van der Waals surface area (Å²) < 4.78 is 0. The Balaban J connectivity index is 1.66. The Morgan fingerprint density at radius 1 is 1.30 bits per heavy atom. The number of nitrogens with one attached hydrogen (secondary N) is 1. The number of benzene rings is 1. The lowest BCUT2D eigenvalue weighted by Gasteiger charge is -2.06. The molecule has 2 aromatic rings. The van der Waals surface area contributed by atoms with Crippen LogP contribution in [0.1, 0.15) is 29.3 Å². The molecule has 4 nitrogen and oxygen atoms in total. The molecule has 1 amide bonds. The quantitative estimate of drug-likeness (QED) is 0.926. The Morgan fingerprint density at radius 3 is 2.65 bits per heavy atom. The molecule has 1 aromatic heterocycles. The van der Waals surface area contributed by atoms with Gasteiger partial charge in [0.15, 0.2) is 0 Å². The minimum absolute atomic E-state index is 0.122. The van der Waals surface area contributed by atoms with Gasteiger partial charge in [0.2, 0.25) is 11.0 Å². The third kappa shape index (κ3) is 3.11. The Hall–Kier alpha value is -1.17. The highest BCUT2D eigenvalue weighted by atomic mass is 35.5. The molecule has 1 aliphatic rings. The molecule has 1 aliphatic carbocycles. The first-order valence-corrected chi connectivity index (χ1v) is 7.77. The van der Waals surface area contributed by atoms with Gasteiger partial charge in [0.05, 0.1) is 6.42 Å². The maximum Gasteiger partial charge on any atom is 0.230 e. The van der Waals surface area contributed by atoms with Crippen molar-refractivity contribution in [2.45, 2.75) is 25.2 Å². The zero-order valence-electron chi connectivity index (χ0n) is 10.4. The van der Waals surface area contributed by atoms with Gasteiger partial charge in [-0.05, 0) is 30.5 Å². The number of amides is 1. The molecule has 0 radical (unpaired) electrons. The number of carbonyl (C=O) groups is 1. The van der Waals surface area contributed by atoms with Gasteiger partial charge in [0.1, 0.15) is 5.01 Å². The third-order valence-electron chi connectivity index (χ3n) is 3.01. The van der Waals surface area contributed by atoms with Crippen molar-refractivity contribution < 1.29 is 4.79 Å². The van der Waals surface area contributed by atoms with Crippen molar-refractivity contribution in [2.75, 3.05) is 5.32 Å². The molecule has 3 rings (SSSR count). The zero-order valence-corrected chi connectivity index (χ0v) is 12.7. The molecule has 0 aliphatic heterocycles. The van der Waals surface area contributed by atoms with Gasteiger partial charge < -0.3 is 5.32 Å². The summed E-state index contributed by atoms with van der Waals surface area (Å²) in [5.41, 5.74) is 0.625. The predicted molar refractivity (Wildman–Crippen MR) is 80.7 cm³/mol. The van der Waals surface area contributed by atoms with E-state index in [9.17, 15) is 4.79 Å². The van der Waals surface area contributed by atoms with E-state index in [1.807, 2.05) is 0 Å². The summed E-state index contributed by atoms with van der Waals surface area (Å²) in [6.45, 7) is 0. The summed E-state index contributed by atoms with van der Waals surface area (Å²) in [5.74, 6) is 0.342. The second-order valence-electron chi connectivity index (χ2n) is 4.64. The highest BCUT2D eigenvalue weighted by Gasteiger charge is 2.27. The van der Waals surface area contributed by atoms with Gasteiger partial charge in [-0.3, -0.25) is 4.79 Å². The Labute approximate surface area is 130 Å². The average Bonchev–Trinajstić information content (AvgIpc) is 3.15. The second kappa shape index (κ2) is 5.68. The van der Waals surface area contributed by atoms with Gasteiger partial charge in [0.25, 0.3) is 0 Å². The second-order valence-corrected chi connectivity index (χ2v) is 6.47. The molecule has 7 heteroatoms. The molecule has 1 heterocycles. The highest BCUT2D eigenvalue weighted by Crippen LogP contribution is 2.42. The van der Waals surface area contributed by atoms with Gasteiger partial charge in [-0.2, -0.15) is 0 Å². The summed E-state index contributed by atoms with van der Waals surface area (Å²) in [6.07, 6.45) is 2.45. The Kier molecular flexibility index (Phi) is 3.92. The van der Waals surface area contributed by atoms with Crippen molar-refractivity contribution in [3.8, 4) is 0 Å². The zero-order chi connectivity index (χ0) is 14.1. The van der Waals surface area contributed by atoms with Crippen LogP contribution in [-0.4, -0.2) is 16.1 Å². The standard InChI is InChI=1S/C13H11Cl2N3OS/c14-9-2-1-3-10(15)8(9)6-11(19)16-13-18-17-12(20-13)7-4-5-7/h1-3,7H,4-6H2,(H,16,18,19). The molecule has 0 unspecified atom stereocenters. The summed E-state index contributed by atoms with van der Waals surface area (Å²) in [6, 6.07) is 5.18. The van der Waals surface area contributed by atoms with Crippen LogP contribution in [0.15, 0.2) is 18.2 Å². The molecule has 0 bridgehead atoms. The van der Waals surface area contributed by atoms with Gasteiger partial charge in [-0.1, -0.05) is 40.6 Å². The normalized spacial score (nSPS) is 14.3. The SMILES string of the molecule is O=C(Cc1c(Cl)cccc1Cl)Nc1nnc(C2CC2)s1. The molecule has 1 fully saturated rings. The molecule has 1 N–H and O–H groups in total. The van der Waals surface area contributed by atoms with Crippen LogP contribution in [0, 0.1) is 0 Å². The molecule has 0 spiro atoms. The van der Waals surface area contributed by atoms with E-state index in [0.29, 0.717) is 26.7 Å². The van der Waals surface area contributed by atoms with E-state index in [1.165, 1.54) is 11.3 Å². The first-order chi connectivity index (χ1) is 9.63. The van der Waals surface area contributed by atoms with Gasteiger partial charge in [-0.25, -0.2) is 0 Å². The average molecular weight is 328 g/mol. The van der Waals surface area contributed by atoms with Crippen LogP contribution in [0.4, 0.5) is 5.13 Å². The molecule has 0 saturated heterocycles. The Morgan fingerprint density at radius 2 is 2.00 bits per heavy atom.